The van der Waals surface area contributed by atoms with Gasteiger partial charge in [-0.25, -0.2) is 15.0 Å². The number of hydrogen-bond acceptors (Lipinski definition) is 7. The molecule has 1 aliphatic heterocycles. The zero-order valence-corrected chi connectivity index (χ0v) is 18.1. The number of hydrogen-bond donors (Lipinski definition) is 2. The van der Waals surface area contributed by atoms with Crippen molar-refractivity contribution in [2.75, 3.05) is 50.0 Å². The molecule has 31 heavy (non-hydrogen) atoms. The van der Waals surface area contributed by atoms with E-state index >= 15 is 0 Å². The van der Waals surface area contributed by atoms with Crippen molar-refractivity contribution in [1.82, 2.24) is 24.3 Å². The number of nitrogens with one attached hydrogen (secondary N) is 2. The van der Waals surface area contributed by atoms with E-state index in [1.54, 1.807) is 12.5 Å². The van der Waals surface area contributed by atoms with E-state index in [1.807, 2.05) is 41.7 Å². The molecule has 9 heteroatoms. The number of anilines is 3. The first kappa shape index (κ1) is 20.0. The molecular weight excluding hydrogens is 414 g/mol. The quantitative estimate of drug-likeness (QED) is 0.475. The Labute approximate surface area is 185 Å². The van der Waals surface area contributed by atoms with E-state index in [1.165, 1.54) is 0 Å². The number of pyridine rings is 1. The summed E-state index contributed by atoms with van der Waals surface area (Å²) in [4.78, 5) is 16.3. The molecule has 0 saturated carbocycles. The Morgan fingerprint density at radius 2 is 2.00 bits per heavy atom. The van der Waals surface area contributed by atoms with Gasteiger partial charge in [-0.3, -0.25) is 9.30 Å². The molecule has 1 aliphatic rings. The minimum absolute atomic E-state index is 0.650. The van der Waals surface area contributed by atoms with Crippen molar-refractivity contribution in [3.05, 3.63) is 53.4 Å². The maximum atomic E-state index is 6.40. The number of aromatic nitrogens is 4. The summed E-state index contributed by atoms with van der Waals surface area (Å²) in [5.41, 5.74) is 4.25. The summed E-state index contributed by atoms with van der Waals surface area (Å²) in [5.74, 6) is 1.51. The molecule has 0 unspecified atom stereocenters. The molecule has 3 aromatic heterocycles. The second-order valence-electron chi connectivity index (χ2n) is 7.59. The van der Waals surface area contributed by atoms with Crippen LogP contribution in [-0.4, -0.2) is 63.6 Å². The normalized spacial score (nSPS) is 14.9. The first-order chi connectivity index (χ1) is 15.2. The number of fused-ring (bicyclic) bond motifs is 3. The Morgan fingerprint density at radius 1 is 1.13 bits per heavy atom. The van der Waals surface area contributed by atoms with E-state index in [0.29, 0.717) is 10.8 Å². The van der Waals surface area contributed by atoms with Crippen LogP contribution >= 0.6 is 11.6 Å². The SMILES string of the molecule is Cc1cccc(Cl)c1Nc1nc2ccc(NCCN3CCOCC3)nc2n2cncc12. The van der Waals surface area contributed by atoms with Crippen molar-refractivity contribution in [2.45, 2.75) is 6.92 Å². The number of imidazole rings is 1. The summed E-state index contributed by atoms with van der Waals surface area (Å²) in [7, 11) is 0. The standard InChI is InChI=1S/C22H24ClN7O/c1-15-3-2-4-16(23)20(15)28-21-18-13-24-14-30(18)22-17(26-21)5-6-19(27-22)25-7-8-29-9-11-31-12-10-29/h2-6,13-14H,7-12H2,1H3,(H,25,27)(H,26,28). The van der Waals surface area contributed by atoms with Crippen LogP contribution in [0.2, 0.25) is 5.02 Å². The van der Waals surface area contributed by atoms with Crippen LogP contribution in [0, 0.1) is 6.92 Å². The molecule has 0 aliphatic carbocycles. The zero-order chi connectivity index (χ0) is 21.2. The monoisotopic (exact) mass is 437 g/mol. The lowest BCUT2D eigenvalue weighted by Gasteiger charge is -2.26. The Bertz CT molecular complexity index is 1200. The average Bonchev–Trinajstić information content (AvgIpc) is 3.28. The molecule has 0 spiro atoms. The van der Waals surface area contributed by atoms with Crippen molar-refractivity contribution < 1.29 is 4.74 Å². The number of halogens is 1. The van der Waals surface area contributed by atoms with Gasteiger partial charge in [-0.15, -0.1) is 0 Å². The summed E-state index contributed by atoms with van der Waals surface area (Å²) in [6, 6.07) is 9.75. The van der Waals surface area contributed by atoms with Crippen LogP contribution in [0.3, 0.4) is 0 Å². The van der Waals surface area contributed by atoms with Gasteiger partial charge in [0.2, 0.25) is 0 Å². The minimum atomic E-state index is 0.650. The number of morpholine rings is 1. The van der Waals surface area contributed by atoms with Crippen LogP contribution in [0.1, 0.15) is 5.56 Å². The first-order valence-corrected chi connectivity index (χ1v) is 10.8. The highest BCUT2D eigenvalue weighted by molar-refractivity contribution is 6.33. The Kier molecular flexibility index (Phi) is 5.59. The predicted octanol–water partition coefficient (Wildman–Crippen LogP) is 3.73. The van der Waals surface area contributed by atoms with Crippen molar-refractivity contribution in [2.24, 2.45) is 0 Å². The lowest BCUT2D eigenvalue weighted by molar-refractivity contribution is 0.0398. The summed E-state index contributed by atoms with van der Waals surface area (Å²) in [5, 5.41) is 7.46. The van der Waals surface area contributed by atoms with Crippen molar-refractivity contribution in [1.29, 1.82) is 0 Å². The summed E-state index contributed by atoms with van der Waals surface area (Å²) in [6.45, 7) is 7.37. The molecule has 1 saturated heterocycles. The van der Waals surface area contributed by atoms with E-state index in [2.05, 4.69) is 20.5 Å². The van der Waals surface area contributed by atoms with Crippen molar-refractivity contribution in [3.8, 4) is 0 Å². The molecule has 0 atom stereocenters. The predicted molar refractivity (Wildman–Crippen MR) is 124 cm³/mol. The van der Waals surface area contributed by atoms with Gasteiger partial charge in [0.1, 0.15) is 23.2 Å². The molecule has 0 radical (unpaired) electrons. The van der Waals surface area contributed by atoms with E-state index in [4.69, 9.17) is 26.3 Å². The molecule has 1 fully saturated rings. The van der Waals surface area contributed by atoms with Gasteiger partial charge in [-0.2, -0.15) is 0 Å². The van der Waals surface area contributed by atoms with Gasteiger partial charge in [0.05, 0.1) is 30.1 Å². The molecular formula is C22H24ClN7O. The van der Waals surface area contributed by atoms with Gasteiger partial charge in [0.25, 0.3) is 0 Å². The van der Waals surface area contributed by atoms with E-state index in [9.17, 15) is 0 Å². The van der Waals surface area contributed by atoms with Crippen LogP contribution in [-0.2, 0) is 4.74 Å². The smallest absolute Gasteiger partial charge is 0.166 e. The Balaban J connectivity index is 1.41. The topological polar surface area (TPSA) is 79.6 Å². The van der Waals surface area contributed by atoms with Gasteiger partial charge in [-0.05, 0) is 30.7 Å². The second-order valence-corrected chi connectivity index (χ2v) is 7.99. The van der Waals surface area contributed by atoms with Crippen molar-refractivity contribution in [3.63, 3.8) is 0 Å². The van der Waals surface area contributed by atoms with Gasteiger partial charge in [0, 0.05) is 26.2 Å². The highest BCUT2D eigenvalue weighted by Crippen LogP contribution is 2.31. The second kappa shape index (κ2) is 8.66. The molecule has 160 valence electrons. The fraction of sp³-hybridized carbons (Fsp3) is 0.318. The maximum Gasteiger partial charge on any atom is 0.166 e. The van der Waals surface area contributed by atoms with Crippen LogP contribution in [0.4, 0.5) is 17.3 Å². The molecule has 5 rings (SSSR count). The van der Waals surface area contributed by atoms with Crippen LogP contribution in [0.15, 0.2) is 42.9 Å². The van der Waals surface area contributed by atoms with E-state index < -0.39 is 0 Å². The summed E-state index contributed by atoms with van der Waals surface area (Å²) < 4.78 is 7.35. The fourth-order valence-corrected chi connectivity index (χ4v) is 4.06. The third-order valence-corrected chi connectivity index (χ3v) is 5.81. The highest BCUT2D eigenvalue weighted by Gasteiger charge is 2.14. The number of ether oxygens (including phenoxy) is 1. The number of benzene rings is 1. The number of nitrogens with zero attached hydrogens (tertiary/aromatic N) is 5. The fourth-order valence-electron chi connectivity index (χ4n) is 3.79. The molecule has 1 aromatic carbocycles. The average molecular weight is 438 g/mol. The number of para-hydroxylation sites is 1. The zero-order valence-electron chi connectivity index (χ0n) is 17.3. The lowest BCUT2D eigenvalue weighted by atomic mass is 10.2. The highest BCUT2D eigenvalue weighted by atomic mass is 35.5. The van der Waals surface area contributed by atoms with Crippen molar-refractivity contribution >= 4 is 45.6 Å². The molecule has 4 heterocycles. The molecule has 4 aromatic rings. The molecule has 2 N–H and O–H groups in total. The largest absolute Gasteiger partial charge is 0.379 e. The molecule has 0 bridgehead atoms. The van der Waals surface area contributed by atoms with Gasteiger partial charge in [0.15, 0.2) is 11.5 Å². The molecule has 8 nitrogen and oxygen atoms in total. The van der Waals surface area contributed by atoms with E-state index in [0.717, 1.165) is 73.1 Å². The van der Waals surface area contributed by atoms with Crippen LogP contribution < -0.4 is 10.6 Å². The van der Waals surface area contributed by atoms with Crippen LogP contribution in [0.25, 0.3) is 16.7 Å². The third kappa shape index (κ3) is 4.14. The number of rotatable bonds is 6. The summed E-state index contributed by atoms with van der Waals surface area (Å²) in [6.07, 6.45) is 3.54. The maximum absolute atomic E-state index is 6.40. The van der Waals surface area contributed by atoms with Crippen LogP contribution in [0.5, 0.6) is 0 Å². The van der Waals surface area contributed by atoms with E-state index in [-0.39, 0.29) is 0 Å². The van der Waals surface area contributed by atoms with Gasteiger partial charge < -0.3 is 15.4 Å². The summed E-state index contributed by atoms with van der Waals surface area (Å²) >= 11 is 6.40. The molecule has 0 amide bonds. The van der Waals surface area contributed by atoms with Gasteiger partial charge in [-0.1, -0.05) is 23.7 Å². The Morgan fingerprint density at radius 3 is 2.84 bits per heavy atom. The first-order valence-electron chi connectivity index (χ1n) is 10.4. The Hall–Kier alpha value is -2.94. The lowest BCUT2D eigenvalue weighted by Crippen LogP contribution is -2.39. The minimum Gasteiger partial charge on any atom is -0.379 e. The van der Waals surface area contributed by atoms with Gasteiger partial charge >= 0.3 is 0 Å². The number of aryl methyl sites for hydroxylation is 1. The third-order valence-electron chi connectivity index (χ3n) is 5.50.